The van der Waals surface area contributed by atoms with Crippen LogP contribution in [-0.2, 0) is 16.1 Å². The van der Waals surface area contributed by atoms with Crippen LogP contribution in [0.15, 0.2) is 24.3 Å². The van der Waals surface area contributed by atoms with E-state index in [1.54, 1.807) is 24.3 Å². The molecule has 0 aliphatic rings. The maximum atomic E-state index is 10.8. The summed E-state index contributed by atoms with van der Waals surface area (Å²) >= 11 is 5.68. The quantitative estimate of drug-likeness (QED) is 0.615. The monoisotopic (exact) mass is 230 g/mol. The number of hydrogen-bond acceptors (Lipinski definition) is 3. The van der Waals surface area contributed by atoms with Crippen molar-refractivity contribution in [2.75, 3.05) is 0 Å². The van der Waals surface area contributed by atoms with Gasteiger partial charge in [0, 0.05) is 11.4 Å². The van der Waals surface area contributed by atoms with Gasteiger partial charge in [0.15, 0.2) is 0 Å². The van der Waals surface area contributed by atoms with Crippen LogP contribution in [0.5, 0.6) is 0 Å². The van der Waals surface area contributed by atoms with E-state index >= 15 is 0 Å². The van der Waals surface area contributed by atoms with E-state index in [-0.39, 0.29) is 6.42 Å². The van der Waals surface area contributed by atoms with Gasteiger partial charge in [-0.15, -0.1) is 0 Å². The molecule has 4 nitrogen and oxygen atoms in total. The highest BCUT2D eigenvalue weighted by Gasteiger charge is 2.35. The second kappa shape index (κ2) is 4.61. The lowest BCUT2D eigenvalue weighted by molar-refractivity contribution is -0.311. The van der Waals surface area contributed by atoms with Crippen molar-refractivity contribution in [2.45, 2.75) is 18.9 Å². The lowest BCUT2D eigenvalue weighted by Gasteiger charge is -2.20. The Morgan fingerprint density at radius 3 is 2.40 bits per heavy atom. The topological polar surface area (TPSA) is 66.8 Å². The van der Waals surface area contributed by atoms with Gasteiger partial charge in [-0.3, -0.25) is 5.26 Å². The van der Waals surface area contributed by atoms with Crippen molar-refractivity contribution in [2.24, 2.45) is 0 Å². The zero-order valence-corrected chi connectivity index (χ0v) is 8.86. The Labute approximate surface area is 92.0 Å². The molecule has 0 radical (unpaired) electrons. The molecule has 5 heteroatoms. The molecule has 0 heterocycles. The Kier molecular flexibility index (Phi) is 3.68. The van der Waals surface area contributed by atoms with E-state index in [9.17, 15) is 4.79 Å². The van der Waals surface area contributed by atoms with E-state index in [0.29, 0.717) is 5.02 Å². The van der Waals surface area contributed by atoms with Gasteiger partial charge in [0.2, 0.25) is 5.60 Å². The third kappa shape index (κ3) is 2.92. The number of halogens is 1. The minimum atomic E-state index is -1.63. The van der Waals surface area contributed by atoms with Gasteiger partial charge in [-0.05, 0) is 24.6 Å². The summed E-state index contributed by atoms with van der Waals surface area (Å²) in [6, 6.07) is 6.66. The number of carboxylic acids is 1. The largest absolute Gasteiger partial charge is 0.479 e. The molecular formula is C10H11ClO4. The number of aliphatic carboxylic acids is 1. The molecule has 82 valence electrons. The highest BCUT2D eigenvalue weighted by atomic mass is 35.5. The smallest absolute Gasteiger partial charge is 0.339 e. The first kappa shape index (κ1) is 12.0. The summed E-state index contributed by atoms with van der Waals surface area (Å²) in [6.07, 6.45) is 0.0655. The Balaban J connectivity index is 2.84. The van der Waals surface area contributed by atoms with Crippen molar-refractivity contribution in [1.29, 1.82) is 0 Å². The second-order valence-corrected chi connectivity index (χ2v) is 3.87. The lowest BCUT2D eigenvalue weighted by atomic mass is 9.97. The summed E-state index contributed by atoms with van der Waals surface area (Å²) in [5.74, 6) is -1.22. The molecule has 1 atom stereocenters. The van der Waals surface area contributed by atoms with Crippen molar-refractivity contribution < 1.29 is 20.0 Å². The standard InChI is InChI=1S/C10H11ClO4/c1-10(15-14,9(12)13)6-7-2-4-8(11)5-3-7/h2-5,14H,6H2,1H3,(H,12,13)/t10-/m0/s1. The molecule has 0 aromatic heterocycles. The van der Waals surface area contributed by atoms with Gasteiger partial charge in [0.05, 0.1) is 0 Å². The molecule has 1 aromatic rings. The van der Waals surface area contributed by atoms with Gasteiger partial charge >= 0.3 is 5.97 Å². The first-order chi connectivity index (χ1) is 6.98. The van der Waals surface area contributed by atoms with Crippen LogP contribution in [0.1, 0.15) is 12.5 Å². The van der Waals surface area contributed by atoms with Crippen LogP contribution in [-0.4, -0.2) is 21.9 Å². The van der Waals surface area contributed by atoms with Crippen molar-refractivity contribution in [3.63, 3.8) is 0 Å². The fourth-order valence-corrected chi connectivity index (χ4v) is 1.26. The predicted molar refractivity (Wildman–Crippen MR) is 54.9 cm³/mol. The molecule has 0 bridgehead atoms. The van der Waals surface area contributed by atoms with Crippen LogP contribution in [0.4, 0.5) is 0 Å². The zero-order chi connectivity index (χ0) is 11.5. The first-order valence-corrected chi connectivity index (χ1v) is 4.66. The average molecular weight is 231 g/mol. The minimum Gasteiger partial charge on any atom is -0.479 e. The predicted octanol–water partition coefficient (Wildman–Crippen LogP) is 2.22. The van der Waals surface area contributed by atoms with Crippen LogP contribution in [0.25, 0.3) is 0 Å². The number of rotatable bonds is 4. The normalized spacial score (nSPS) is 14.6. The first-order valence-electron chi connectivity index (χ1n) is 4.28. The summed E-state index contributed by atoms with van der Waals surface area (Å²) in [5, 5.41) is 18.0. The summed E-state index contributed by atoms with van der Waals surface area (Å²) in [5.41, 5.74) is -0.910. The Bertz CT molecular complexity index is 349. The van der Waals surface area contributed by atoms with E-state index in [4.69, 9.17) is 22.0 Å². The fraction of sp³-hybridized carbons (Fsp3) is 0.300. The van der Waals surface area contributed by atoms with Crippen LogP contribution in [0.3, 0.4) is 0 Å². The van der Waals surface area contributed by atoms with E-state index in [1.807, 2.05) is 0 Å². The van der Waals surface area contributed by atoms with Crippen LogP contribution >= 0.6 is 11.6 Å². The maximum Gasteiger partial charge on any atom is 0.339 e. The Morgan fingerprint density at radius 2 is 2.00 bits per heavy atom. The highest BCUT2D eigenvalue weighted by molar-refractivity contribution is 6.30. The second-order valence-electron chi connectivity index (χ2n) is 3.43. The van der Waals surface area contributed by atoms with Gasteiger partial charge in [-0.25, -0.2) is 9.68 Å². The fourth-order valence-electron chi connectivity index (χ4n) is 1.14. The Hall–Kier alpha value is -1.10. The van der Waals surface area contributed by atoms with E-state index in [1.165, 1.54) is 6.92 Å². The molecule has 0 unspecified atom stereocenters. The molecule has 15 heavy (non-hydrogen) atoms. The molecule has 0 saturated heterocycles. The van der Waals surface area contributed by atoms with Crippen molar-refractivity contribution in [3.8, 4) is 0 Å². The van der Waals surface area contributed by atoms with Crippen molar-refractivity contribution in [3.05, 3.63) is 34.9 Å². The summed E-state index contributed by atoms with van der Waals surface area (Å²) in [6.45, 7) is 1.30. The zero-order valence-electron chi connectivity index (χ0n) is 8.11. The molecule has 1 aromatic carbocycles. The molecule has 0 aliphatic carbocycles. The summed E-state index contributed by atoms with van der Waals surface area (Å²) < 4.78 is 0. The maximum absolute atomic E-state index is 10.8. The lowest BCUT2D eigenvalue weighted by Crippen LogP contribution is -2.39. The van der Waals surface area contributed by atoms with E-state index in [0.717, 1.165) is 5.56 Å². The summed E-state index contributed by atoms with van der Waals surface area (Å²) in [7, 11) is 0. The number of carboxylic acid groups (broad SMARTS) is 1. The van der Waals surface area contributed by atoms with Gasteiger partial charge < -0.3 is 5.11 Å². The highest BCUT2D eigenvalue weighted by Crippen LogP contribution is 2.18. The SMILES string of the molecule is C[C@@](Cc1ccc(Cl)cc1)(OO)C(=O)O. The molecule has 2 N–H and O–H groups in total. The third-order valence-electron chi connectivity index (χ3n) is 2.11. The van der Waals surface area contributed by atoms with E-state index in [2.05, 4.69) is 4.89 Å². The Morgan fingerprint density at radius 1 is 1.47 bits per heavy atom. The van der Waals surface area contributed by atoms with Gasteiger partial charge in [-0.1, -0.05) is 23.7 Å². The third-order valence-corrected chi connectivity index (χ3v) is 2.36. The van der Waals surface area contributed by atoms with Gasteiger partial charge in [0.25, 0.3) is 0 Å². The number of benzene rings is 1. The van der Waals surface area contributed by atoms with E-state index < -0.39 is 11.6 Å². The average Bonchev–Trinajstić information content (AvgIpc) is 2.21. The minimum absolute atomic E-state index is 0.0655. The molecule has 0 saturated carbocycles. The molecule has 0 amide bonds. The molecular weight excluding hydrogens is 220 g/mol. The van der Waals surface area contributed by atoms with Crippen LogP contribution in [0, 0.1) is 0 Å². The number of hydrogen-bond donors (Lipinski definition) is 2. The van der Waals surface area contributed by atoms with Gasteiger partial charge in [-0.2, -0.15) is 0 Å². The van der Waals surface area contributed by atoms with Gasteiger partial charge in [0.1, 0.15) is 0 Å². The van der Waals surface area contributed by atoms with Crippen molar-refractivity contribution >= 4 is 17.6 Å². The van der Waals surface area contributed by atoms with Crippen LogP contribution < -0.4 is 0 Å². The molecule has 0 fully saturated rings. The molecule has 1 rings (SSSR count). The molecule has 0 spiro atoms. The number of carbonyl (C=O) groups is 1. The molecule has 0 aliphatic heterocycles. The van der Waals surface area contributed by atoms with Crippen LogP contribution in [0.2, 0.25) is 5.02 Å². The van der Waals surface area contributed by atoms with Crippen molar-refractivity contribution in [1.82, 2.24) is 0 Å². The summed E-state index contributed by atoms with van der Waals surface area (Å²) in [4.78, 5) is 14.8.